The van der Waals surface area contributed by atoms with Crippen LogP contribution >= 0.6 is 0 Å². The second-order valence-corrected chi connectivity index (χ2v) is 24.4. The zero-order chi connectivity index (χ0) is 67.1. The number of rotatable bonds is 0. The van der Waals surface area contributed by atoms with Gasteiger partial charge in [0.1, 0.15) is 41.0 Å². The Balaban J connectivity index is 0.000000113. The SMILES string of the molecule is Cc1c[n+]2c(cn1)-c1nc(C(F)(F)F)nn1C21n2nc(C)cc2-c2cc(C(C)(C)C)cc[n+]21.Cc1c[n+]2c(cn1)-c1nc(C(F)(F)F)nn1C21n2nc(C)cc2-c2cccc[n+]21.Cc1cc[n+]2c(c1)-c1nc(C(F)(F)F)nn1C21n2nc(C)nc2-c2cc(C(F)(F)F)cc[n+]21. The van der Waals surface area contributed by atoms with Crippen LogP contribution in [0.15, 0.2) is 116 Å². The molecule has 0 saturated carbocycles. The van der Waals surface area contributed by atoms with Crippen LogP contribution in [-0.4, -0.2) is 88.6 Å². The summed E-state index contributed by atoms with van der Waals surface area (Å²) in [6.07, 6.45) is -5.78. The van der Waals surface area contributed by atoms with E-state index in [4.69, 9.17) is 5.10 Å². The molecule has 12 aromatic heterocycles. The molecule has 0 aliphatic carbocycles. The molecule has 6 aliphatic rings. The van der Waals surface area contributed by atoms with Gasteiger partial charge in [-0.15, -0.1) is 29.8 Å². The summed E-state index contributed by atoms with van der Waals surface area (Å²) < 4.78 is 181. The highest BCUT2D eigenvalue weighted by Gasteiger charge is 2.75. The van der Waals surface area contributed by atoms with E-state index in [1.165, 1.54) is 37.9 Å². The van der Waals surface area contributed by atoms with Crippen molar-refractivity contribution in [1.29, 1.82) is 0 Å². The molecule has 6 aliphatic heterocycles. The lowest BCUT2D eigenvalue weighted by atomic mass is 9.87. The molecule has 3 spiro atoms. The fourth-order valence-electron chi connectivity index (χ4n) is 13.2. The first-order chi connectivity index (χ1) is 44.7. The summed E-state index contributed by atoms with van der Waals surface area (Å²) in [5, 5.41) is 25.3. The summed E-state index contributed by atoms with van der Waals surface area (Å²) in [4.78, 5) is 24.3. The quantitative estimate of drug-likeness (QED) is 0.125. The minimum Gasteiger partial charge on any atom is -0.248 e. The molecule has 0 radical (unpaired) electrons. The first kappa shape index (κ1) is 58.9. The van der Waals surface area contributed by atoms with Crippen LogP contribution in [0.1, 0.15) is 83.5 Å². The van der Waals surface area contributed by atoms with E-state index >= 15 is 0 Å². The Kier molecular flexibility index (Phi) is 11.5. The van der Waals surface area contributed by atoms with Gasteiger partial charge < -0.3 is 0 Å². The van der Waals surface area contributed by atoms with Gasteiger partial charge in [-0.2, -0.15) is 77.8 Å². The predicted octanol–water partition coefficient (Wildman–Crippen LogP) is 6.08. The van der Waals surface area contributed by atoms with Crippen LogP contribution in [-0.2, 0) is 47.9 Å². The maximum absolute atomic E-state index is 13.6. The molecule has 24 nitrogen and oxygen atoms in total. The fourth-order valence-corrected chi connectivity index (χ4v) is 13.2. The zero-order valence-corrected chi connectivity index (χ0v) is 50.7. The number of alkyl halides is 12. The van der Waals surface area contributed by atoms with Gasteiger partial charge in [-0.25, -0.2) is 15.0 Å². The smallest absolute Gasteiger partial charge is 0.248 e. The Labute approximate surface area is 525 Å². The number of nitrogens with zero attached hydrogens (tertiary/aromatic N) is 24. The van der Waals surface area contributed by atoms with Crippen molar-refractivity contribution >= 4 is 0 Å². The molecule has 0 bridgehead atoms. The highest BCUT2D eigenvalue weighted by atomic mass is 19.4. The molecule has 480 valence electrons. The second-order valence-electron chi connectivity index (χ2n) is 24.4. The minimum atomic E-state index is -4.83. The number of aromatic nitrogens is 24. The number of pyridine rings is 4. The van der Waals surface area contributed by atoms with Gasteiger partial charge in [-0.05, 0) is 76.3 Å². The van der Waals surface area contributed by atoms with Crippen LogP contribution in [0.25, 0.3) is 68.8 Å². The van der Waals surface area contributed by atoms with Crippen molar-refractivity contribution in [3.05, 3.63) is 179 Å². The van der Waals surface area contributed by atoms with Crippen LogP contribution in [0, 0.1) is 41.5 Å². The molecule has 3 unspecified atom stereocenters. The number of hydrogen-bond donors (Lipinski definition) is 0. The Hall–Kier alpha value is -11.1. The van der Waals surface area contributed by atoms with E-state index in [0.29, 0.717) is 22.8 Å². The van der Waals surface area contributed by atoms with Gasteiger partial charge in [-0.1, -0.05) is 66.9 Å². The molecule has 0 saturated heterocycles. The Morgan fingerprint density at radius 3 is 1.26 bits per heavy atom. The maximum atomic E-state index is 13.6. The molecule has 0 fully saturated rings. The molecular weight excluding hydrogens is 1270 g/mol. The van der Waals surface area contributed by atoms with Crippen LogP contribution in [0.4, 0.5) is 52.7 Å². The molecule has 12 aromatic rings. The second kappa shape index (κ2) is 18.6. The van der Waals surface area contributed by atoms with E-state index in [1.54, 1.807) is 57.8 Å². The van der Waals surface area contributed by atoms with E-state index in [2.05, 4.69) is 82.2 Å². The lowest BCUT2D eigenvalue weighted by Gasteiger charge is -2.19. The molecular formula is C59H46F12N24+6. The molecule has 95 heavy (non-hydrogen) atoms. The van der Waals surface area contributed by atoms with Gasteiger partial charge in [0.05, 0.1) is 17.0 Å². The molecule has 3 atom stereocenters. The zero-order valence-electron chi connectivity index (χ0n) is 50.7. The summed E-state index contributed by atoms with van der Waals surface area (Å²) in [7, 11) is 0. The average Bonchev–Trinajstić information content (AvgIpc) is 1.52. The van der Waals surface area contributed by atoms with Crippen molar-refractivity contribution in [2.24, 2.45) is 0 Å². The van der Waals surface area contributed by atoms with Crippen molar-refractivity contribution in [2.45, 2.75) is 110 Å². The summed E-state index contributed by atoms with van der Waals surface area (Å²) in [6, 6.07) is 18.5. The first-order valence-corrected chi connectivity index (χ1v) is 28.9. The van der Waals surface area contributed by atoms with Gasteiger partial charge in [0.2, 0.25) is 47.1 Å². The number of hydrogen-bond acceptors (Lipinski definition) is 12. The summed E-state index contributed by atoms with van der Waals surface area (Å²) >= 11 is 0. The first-order valence-electron chi connectivity index (χ1n) is 28.9. The van der Waals surface area contributed by atoms with Crippen molar-refractivity contribution in [2.75, 3.05) is 0 Å². The summed E-state index contributed by atoms with van der Waals surface area (Å²) in [6.45, 7) is 17.0. The van der Waals surface area contributed by atoms with E-state index in [-0.39, 0.29) is 45.9 Å². The molecule has 36 heteroatoms. The van der Waals surface area contributed by atoms with Crippen LogP contribution < -0.4 is 27.4 Å². The van der Waals surface area contributed by atoms with Gasteiger partial charge >= 0.3 is 42.4 Å². The van der Waals surface area contributed by atoms with E-state index in [0.717, 1.165) is 68.3 Å². The van der Waals surface area contributed by atoms with Gasteiger partial charge in [0.15, 0.2) is 24.8 Å². The van der Waals surface area contributed by atoms with E-state index in [9.17, 15) is 52.7 Å². The highest BCUT2D eigenvalue weighted by Crippen LogP contribution is 2.44. The highest BCUT2D eigenvalue weighted by molar-refractivity contribution is 5.59. The van der Waals surface area contributed by atoms with Crippen LogP contribution in [0.2, 0.25) is 0 Å². The van der Waals surface area contributed by atoms with Crippen molar-refractivity contribution in [1.82, 2.24) is 88.6 Å². The molecule has 0 N–H and O–H groups in total. The van der Waals surface area contributed by atoms with E-state index in [1.807, 2.05) is 88.6 Å². The number of halogens is 12. The third-order valence-electron chi connectivity index (χ3n) is 17.0. The summed E-state index contributed by atoms with van der Waals surface area (Å²) in [5.41, 5.74) is 8.00. The predicted molar refractivity (Wildman–Crippen MR) is 294 cm³/mol. The Morgan fingerprint density at radius 2 is 0.768 bits per heavy atom. The molecule has 0 aromatic carbocycles. The Bertz CT molecular complexity index is 5320. The molecule has 18 heterocycles. The molecule has 18 rings (SSSR count). The van der Waals surface area contributed by atoms with Crippen molar-refractivity contribution < 1.29 is 80.1 Å². The fraction of sp³-hybridized carbons (Fsp3) is 0.288. The molecule has 0 amide bonds. The normalized spacial score (nSPS) is 18.5. The number of aryl methyl sites for hydroxylation is 6. The van der Waals surface area contributed by atoms with Gasteiger partial charge in [0.25, 0.3) is 40.2 Å². The van der Waals surface area contributed by atoms with Crippen molar-refractivity contribution in [3.63, 3.8) is 0 Å². The van der Waals surface area contributed by atoms with Gasteiger partial charge in [0, 0.05) is 48.5 Å². The van der Waals surface area contributed by atoms with Crippen LogP contribution in [0.5, 0.6) is 0 Å². The lowest BCUT2D eigenvalue weighted by molar-refractivity contribution is -0.991. The maximum Gasteiger partial charge on any atom is 0.586 e. The average molecular weight is 1320 g/mol. The Morgan fingerprint density at radius 1 is 0.358 bits per heavy atom. The third kappa shape index (κ3) is 7.85. The largest absolute Gasteiger partial charge is 0.586 e. The third-order valence-corrected chi connectivity index (χ3v) is 17.0. The summed E-state index contributed by atoms with van der Waals surface area (Å²) in [5.74, 6) is -7.91. The lowest BCUT2D eigenvalue weighted by Crippen LogP contribution is -2.77. The van der Waals surface area contributed by atoms with Crippen LogP contribution in [0.3, 0.4) is 0 Å². The monoisotopic (exact) mass is 1320 g/mol. The van der Waals surface area contributed by atoms with Crippen molar-refractivity contribution in [3.8, 4) is 68.8 Å². The minimum absolute atomic E-state index is 0.0151. The number of fused-ring (bicyclic) bond motifs is 30. The van der Waals surface area contributed by atoms with E-state index < -0.39 is 65.5 Å². The standard InChI is InChI=1S/C22H21F3N8.C19H12F6N8.C18H13F3N8/c1-12-8-16-15-9-14(20(3,4)5)6-7-30(15)22(32(16)28-12)31-11-13(2)26-10-17(31)18-27-19(21(23,24)25)29-33(18)22;1-9-3-5-30-12(7-9)15-27-16(18(23,24)25)29-33(15)19(30)31-6-4-11(17(20,21)22)8-13(31)14-26-10(2)28-32(14)19;1-10-7-13-12-5-3-4-6-26(12)18(28(13)24-10)27-9-11(2)22-8-14(27)15-23-16(17(19,20)21)25-29(15)18/h6-11H,1-5H3;3-8H,1-2H3;3-9H,1-2H3/q3*+2. The van der Waals surface area contributed by atoms with Gasteiger partial charge in [-0.3, -0.25) is 0 Å². The topological polar surface area (TPSA) is 208 Å².